The summed E-state index contributed by atoms with van der Waals surface area (Å²) >= 11 is 0. The lowest BCUT2D eigenvalue weighted by molar-refractivity contribution is 0.00736. The highest BCUT2D eigenvalue weighted by atomic mass is 16.6. The normalized spacial score (nSPS) is 23.0. The molecule has 1 amide bonds. The first-order valence-electron chi connectivity index (χ1n) is 6.08. The molecule has 0 bridgehead atoms. The van der Waals surface area contributed by atoms with E-state index in [4.69, 9.17) is 9.47 Å². The van der Waals surface area contributed by atoms with Crippen molar-refractivity contribution in [2.75, 3.05) is 26.8 Å². The van der Waals surface area contributed by atoms with Gasteiger partial charge >= 0.3 is 6.09 Å². The third-order valence-electron chi connectivity index (χ3n) is 2.83. The van der Waals surface area contributed by atoms with Crippen LogP contribution in [-0.4, -0.2) is 55.5 Å². The fraction of sp³-hybridized carbons (Fsp3) is 0.917. The number of carbonyl (C=O) groups is 1. The van der Waals surface area contributed by atoms with Crippen LogP contribution in [0.3, 0.4) is 0 Å². The molecule has 0 radical (unpaired) electrons. The lowest BCUT2D eigenvalue weighted by Gasteiger charge is -2.35. The van der Waals surface area contributed by atoms with Crippen LogP contribution < -0.4 is 5.32 Å². The largest absolute Gasteiger partial charge is 0.444 e. The monoisotopic (exact) mass is 244 g/mol. The van der Waals surface area contributed by atoms with Crippen LogP contribution in [0.5, 0.6) is 0 Å². The van der Waals surface area contributed by atoms with Gasteiger partial charge in [0.05, 0.1) is 19.3 Å². The Hall–Kier alpha value is -0.810. The molecule has 1 rings (SSSR count). The molecule has 1 heterocycles. The average Bonchev–Trinajstić information content (AvgIpc) is 2.26. The molecular weight excluding hydrogens is 220 g/mol. The van der Waals surface area contributed by atoms with Gasteiger partial charge in [0.2, 0.25) is 0 Å². The molecule has 1 aliphatic rings. The zero-order valence-corrected chi connectivity index (χ0v) is 11.4. The molecule has 1 saturated heterocycles. The highest BCUT2D eigenvalue weighted by Crippen LogP contribution is 2.13. The first kappa shape index (κ1) is 14.3. The van der Waals surface area contributed by atoms with E-state index in [2.05, 4.69) is 5.32 Å². The van der Waals surface area contributed by atoms with Crippen molar-refractivity contribution < 1.29 is 14.3 Å². The van der Waals surface area contributed by atoms with E-state index in [0.717, 1.165) is 13.2 Å². The fourth-order valence-electron chi connectivity index (χ4n) is 1.67. The quantitative estimate of drug-likeness (QED) is 0.794. The van der Waals surface area contributed by atoms with Gasteiger partial charge in [0.25, 0.3) is 0 Å². The highest BCUT2D eigenvalue weighted by molar-refractivity contribution is 5.68. The van der Waals surface area contributed by atoms with Gasteiger partial charge in [0.1, 0.15) is 5.60 Å². The lowest BCUT2D eigenvalue weighted by atomic mass is 10.1. The summed E-state index contributed by atoms with van der Waals surface area (Å²) in [6.07, 6.45) is -0.294. The second-order valence-corrected chi connectivity index (χ2v) is 5.47. The Kier molecular flexibility index (Phi) is 4.77. The second kappa shape index (κ2) is 5.69. The van der Waals surface area contributed by atoms with Crippen molar-refractivity contribution in [3.63, 3.8) is 0 Å². The predicted molar refractivity (Wildman–Crippen MR) is 66.1 cm³/mol. The van der Waals surface area contributed by atoms with Gasteiger partial charge in [-0.1, -0.05) is 0 Å². The molecule has 0 spiro atoms. The standard InChI is InChI=1S/C12H24N2O3/c1-9(10-8-16-7-6-13-10)14(5)11(15)17-12(2,3)4/h9-10,13H,6-8H2,1-5H3. The van der Waals surface area contributed by atoms with E-state index >= 15 is 0 Å². The molecular formula is C12H24N2O3. The zero-order chi connectivity index (χ0) is 13.1. The van der Waals surface area contributed by atoms with Gasteiger partial charge in [0.15, 0.2) is 0 Å². The van der Waals surface area contributed by atoms with E-state index < -0.39 is 5.60 Å². The Balaban J connectivity index is 2.50. The molecule has 1 fully saturated rings. The number of amides is 1. The highest BCUT2D eigenvalue weighted by Gasteiger charge is 2.29. The van der Waals surface area contributed by atoms with Crippen LogP contribution in [0.2, 0.25) is 0 Å². The summed E-state index contributed by atoms with van der Waals surface area (Å²) in [5.41, 5.74) is -0.457. The number of nitrogens with zero attached hydrogens (tertiary/aromatic N) is 1. The third-order valence-corrected chi connectivity index (χ3v) is 2.83. The van der Waals surface area contributed by atoms with Gasteiger partial charge in [-0.25, -0.2) is 4.79 Å². The van der Waals surface area contributed by atoms with Gasteiger partial charge in [-0.05, 0) is 27.7 Å². The molecule has 100 valence electrons. The molecule has 0 aromatic rings. The summed E-state index contributed by atoms with van der Waals surface area (Å²) in [5, 5.41) is 3.34. The van der Waals surface area contributed by atoms with Crippen LogP contribution in [0.1, 0.15) is 27.7 Å². The van der Waals surface area contributed by atoms with Crippen molar-refractivity contribution in [1.29, 1.82) is 0 Å². The molecule has 0 saturated carbocycles. The number of nitrogens with one attached hydrogen (secondary N) is 1. The Labute approximate surface area is 103 Å². The van der Waals surface area contributed by atoms with Crippen LogP contribution >= 0.6 is 0 Å². The van der Waals surface area contributed by atoms with E-state index in [1.165, 1.54) is 0 Å². The SMILES string of the molecule is CC(C1COCCN1)N(C)C(=O)OC(C)(C)C. The van der Waals surface area contributed by atoms with Gasteiger partial charge < -0.3 is 19.7 Å². The number of carbonyl (C=O) groups excluding carboxylic acids is 1. The Morgan fingerprint density at radius 1 is 1.53 bits per heavy atom. The van der Waals surface area contributed by atoms with Crippen molar-refractivity contribution in [2.24, 2.45) is 0 Å². The third kappa shape index (κ3) is 4.52. The summed E-state index contributed by atoms with van der Waals surface area (Å²) in [6.45, 7) is 9.79. The van der Waals surface area contributed by atoms with Crippen molar-refractivity contribution in [3.8, 4) is 0 Å². The van der Waals surface area contributed by atoms with Gasteiger partial charge in [-0.15, -0.1) is 0 Å². The minimum Gasteiger partial charge on any atom is -0.444 e. The molecule has 17 heavy (non-hydrogen) atoms. The summed E-state index contributed by atoms with van der Waals surface area (Å²) in [5.74, 6) is 0. The summed E-state index contributed by atoms with van der Waals surface area (Å²) < 4.78 is 10.7. The van der Waals surface area contributed by atoms with Crippen LogP contribution in [0.25, 0.3) is 0 Å². The van der Waals surface area contributed by atoms with E-state index in [1.807, 2.05) is 27.7 Å². The minimum absolute atomic E-state index is 0.0464. The van der Waals surface area contributed by atoms with Crippen LogP contribution in [0.4, 0.5) is 4.79 Å². The maximum Gasteiger partial charge on any atom is 0.410 e. The molecule has 0 aromatic carbocycles. The summed E-state index contributed by atoms with van der Waals surface area (Å²) in [4.78, 5) is 13.5. The number of rotatable bonds is 2. The molecule has 2 unspecified atom stereocenters. The number of morpholine rings is 1. The van der Waals surface area contributed by atoms with E-state index in [-0.39, 0.29) is 18.2 Å². The fourth-order valence-corrected chi connectivity index (χ4v) is 1.67. The van der Waals surface area contributed by atoms with E-state index in [9.17, 15) is 4.79 Å². The van der Waals surface area contributed by atoms with Gasteiger partial charge in [-0.3, -0.25) is 0 Å². The predicted octanol–water partition coefficient (Wildman–Crippen LogP) is 1.23. The molecule has 0 aromatic heterocycles. The number of hydrogen-bond donors (Lipinski definition) is 1. The minimum atomic E-state index is -0.457. The summed E-state index contributed by atoms with van der Waals surface area (Å²) in [6, 6.07) is 0.214. The van der Waals surface area contributed by atoms with E-state index in [0.29, 0.717) is 6.61 Å². The first-order valence-corrected chi connectivity index (χ1v) is 6.08. The second-order valence-electron chi connectivity index (χ2n) is 5.47. The number of likely N-dealkylation sites (N-methyl/N-ethyl adjacent to an activating group) is 1. The van der Waals surface area contributed by atoms with Crippen molar-refractivity contribution in [2.45, 2.75) is 45.4 Å². The topological polar surface area (TPSA) is 50.8 Å². The van der Waals surface area contributed by atoms with Crippen LogP contribution in [-0.2, 0) is 9.47 Å². The molecule has 5 heteroatoms. The zero-order valence-electron chi connectivity index (χ0n) is 11.4. The molecule has 1 N–H and O–H groups in total. The molecule has 0 aliphatic carbocycles. The molecule has 1 aliphatic heterocycles. The van der Waals surface area contributed by atoms with Gasteiger partial charge in [0, 0.05) is 19.6 Å². The first-order chi connectivity index (χ1) is 7.81. The average molecular weight is 244 g/mol. The maximum atomic E-state index is 11.9. The Morgan fingerprint density at radius 3 is 2.65 bits per heavy atom. The smallest absolute Gasteiger partial charge is 0.410 e. The molecule has 2 atom stereocenters. The van der Waals surface area contributed by atoms with Crippen LogP contribution in [0.15, 0.2) is 0 Å². The number of hydrogen-bond acceptors (Lipinski definition) is 4. The number of ether oxygens (including phenoxy) is 2. The van der Waals surface area contributed by atoms with E-state index in [1.54, 1.807) is 11.9 Å². The van der Waals surface area contributed by atoms with Gasteiger partial charge in [-0.2, -0.15) is 0 Å². The van der Waals surface area contributed by atoms with Crippen molar-refractivity contribution in [1.82, 2.24) is 10.2 Å². The maximum absolute atomic E-state index is 11.9. The van der Waals surface area contributed by atoms with Crippen molar-refractivity contribution in [3.05, 3.63) is 0 Å². The Morgan fingerprint density at radius 2 is 2.18 bits per heavy atom. The van der Waals surface area contributed by atoms with Crippen molar-refractivity contribution >= 4 is 6.09 Å². The summed E-state index contributed by atoms with van der Waals surface area (Å²) in [7, 11) is 1.76. The Bertz CT molecular complexity index is 257. The molecule has 5 nitrogen and oxygen atoms in total. The lowest BCUT2D eigenvalue weighted by Crippen LogP contribution is -2.55. The van der Waals surface area contributed by atoms with Crippen LogP contribution in [0, 0.1) is 0 Å².